The molecule has 0 spiro atoms. The van der Waals surface area contributed by atoms with E-state index in [0.717, 1.165) is 33.4 Å². The second-order valence-corrected chi connectivity index (χ2v) is 8.36. The maximum absolute atomic E-state index is 13.7. The Bertz CT molecular complexity index is 1140. The quantitative estimate of drug-likeness (QED) is 0.241. The molecule has 3 aromatic rings. The van der Waals surface area contributed by atoms with E-state index in [1.165, 1.54) is 7.11 Å². The molecule has 1 aliphatic heterocycles. The second kappa shape index (κ2) is 8.94. The first-order valence-electron chi connectivity index (χ1n) is 11.2. The number of morpholine rings is 1. The average molecular weight is 442 g/mol. The molecular formula is C28H27NO4. The summed E-state index contributed by atoms with van der Waals surface area (Å²) in [6.45, 7) is 2.79. The number of fused-ring (bicyclic) bond motifs is 3. The van der Waals surface area contributed by atoms with Gasteiger partial charge in [-0.25, -0.2) is 9.78 Å². The molecule has 1 aliphatic carbocycles. The summed E-state index contributed by atoms with van der Waals surface area (Å²) in [7, 11) is 1.49. The molecule has 1 saturated heterocycles. The van der Waals surface area contributed by atoms with Crippen LogP contribution < -0.4 is 0 Å². The van der Waals surface area contributed by atoms with Crippen LogP contribution >= 0.6 is 0 Å². The molecule has 1 amide bonds. The summed E-state index contributed by atoms with van der Waals surface area (Å²) in [5, 5.41) is 0. The van der Waals surface area contributed by atoms with Gasteiger partial charge >= 0.3 is 0 Å². The van der Waals surface area contributed by atoms with E-state index in [2.05, 4.69) is 60.7 Å². The first kappa shape index (κ1) is 21.6. The van der Waals surface area contributed by atoms with Crippen molar-refractivity contribution in [3.63, 3.8) is 0 Å². The average Bonchev–Trinajstić information content (AvgIpc) is 3.16. The fraction of sp³-hybridized carbons (Fsp3) is 0.250. The summed E-state index contributed by atoms with van der Waals surface area (Å²) in [5.41, 5.74) is 5.81. The van der Waals surface area contributed by atoms with Gasteiger partial charge in [0.05, 0.1) is 19.8 Å². The van der Waals surface area contributed by atoms with Gasteiger partial charge in [0.1, 0.15) is 18.8 Å². The molecule has 5 heteroatoms. The Labute approximate surface area is 194 Å². The molecule has 168 valence electrons. The first-order valence-corrected chi connectivity index (χ1v) is 11.2. The van der Waals surface area contributed by atoms with E-state index >= 15 is 0 Å². The van der Waals surface area contributed by atoms with Gasteiger partial charge in [0.25, 0.3) is 0 Å². The molecule has 1 atom stereocenters. The van der Waals surface area contributed by atoms with Crippen molar-refractivity contribution in [1.82, 2.24) is 4.90 Å². The number of amides is 1. The number of carbonyl (C=O) groups excluding carboxylic acids is 1. The Morgan fingerprint density at radius 3 is 2.24 bits per heavy atom. The molecule has 3 aromatic carbocycles. The smallest absolute Gasteiger partial charge is 0.250 e. The predicted octanol–water partition coefficient (Wildman–Crippen LogP) is 4.71. The Morgan fingerprint density at radius 2 is 1.61 bits per heavy atom. The molecule has 1 unspecified atom stereocenters. The molecule has 2 aliphatic rings. The third-order valence-electron chi connectivity index (χ3n) is 6.68. The van der Waals surface area contributed by atoms with Crippen molar-refractivity contribution in [2.24, 2.45) is 0 Å². The number of ether oxygens (including phenoxy) is 1. The molecule has 0 saturated carbocycles. The van der Waals surface area contributed by atoms with Gasteiger partial charge < -0.3 is 9.64 Å². The van der Waals surface area contributed by atoms with Gasteiger partial charge in [-0.05, 0) is 34.7 Å². The van der Waals surface area contributed by atoms with Crippen LogP contribution in [-0.4, -0.2) is 43.8 Å². The Kier molecular flexibility index (Phi) is 5.85. The van der Waals surface area contributed by atoms with Crippen LogP contribution in [0.2, 0.25) is 0 Å². The highest BCUT2D eigenvalue weighted by atomic mass is 17.2. The minimum absolute atomic E-state index is 0.0398. The summed E-state index contributed by atoms with van der Waals surface area (Å²) in [4.78, 5) is 25.6. The molecule has 0 radical (unpaired) electrons. The maximum Gasteiger partial charge on any atom is 0.250 e. The Hall–Kier alpha value is -3.25. The summed E-state index contributed by atoms with van der Waals surface area (Å²) in [6.07, 6.45) is 1.95. The lowest BCUT2D eigenvalue weighted by molar-refractivity contribution is -0.263. The highest BCUT2D eigenvalue weighted by Crippen LogP contribution is 2.55. The largest absolute Gasteiger partial charge is 0.369 e. The second-order valence-electron chi connectivity index (χ2n) is 8.36. The van der Waals surface area contributed by atoms with Crippen molar-refractivity contribution in [3.05, 3.63) is 107 Å². The van der Waals surface area contributed by atoms with E-state index in [1.807, 2.05) is 36.1 Å². The summed E-state index contributed by atoms with van der Waals surface area (Å²) < 4.78 is 5.76. The van der Waals surface area contributed by atoms with Crippen LogP contribution in [0.4, 0.5) is 0 Å². The van der Waals surface area contributed by atoms with Crippen LogP contribution in [0.15, 0.2) is 90.5 Å². The van der Waals surface area contributed by atoms with Crippen LogP contribution in [-0.2, 0) is 24.8 Å². The SMILES string of the molecule is COOC/C=C(\C)C1COCC(=O)N1C1(c2ccccc2)c2ccccc2-c2ccccc21. The normalized spacial score (nSPS) is 19.3. The van der Waals surface area contributed by atoms with Crippen molar-refractivity contribution in [2.75, 3.05) is 26.9 Å². The van der Waals surface area contributed by atoms with Crippen molar-refractivity contribution < 1.29 is 19.3 Å². The van der Waals surface area contributed by atoms with Crippen molar-refractivity contribution >= 4 is 5.91 Å². The summed E-state index contributed by atoms with van der Waals surface area (Å²) >= 11 is 0. The van der Waals surface area contributed by atoms with E-state index in [1.54, 1.807) is 0 Å². The fourth-order valence-electron chi connectivity index (χ4n) is 5.30. The molecule has 0 N–H and O–H groups in total. The zero-order valence-corrected chi connectivity index (χ0v) is 18.9. The lowest BCUT2D eigenvalue weighted by Gasteiger charge is -2.49. The van der Waals surface area contributed by atoms with E-state index in [4.69, 9.17) is 14.5 Å². The first-order chi connectivity index (χ1) is 16.2. The third-order valence-corrected chi connectivity index (χ3v) is 6.68. The molecule has 1 fully saturated rings. The van der Waals surface area contributed by atoms with Crippen LogP contribution in [0.5, 0.6) is 0 Å². The monoisotopic (exact) mass is 441 g/mol. The molecule has 0 aromatic heterocycles. The van der Waals surface area contributed by atoms with E-state index in [-0.39, 0.29) is 18.6 Å². The fourth-order valence-corrected chi connectivity index (χ4v) is 5.30. The van der Waals surface area contributed by atoms with Crippen molar-refractivity contribution in [1.29, 1.82) is 0 Å². The number of hydrogen-bond donors (Lipinski definition) is 0. The number of carbonyl (C=O) groups is 1. The highest BCUT2D eigenvalue weighted by Gasteiger charge is 2.54. The lowest BCUT2D eigenvalue weighted by Crippen LogP contribution is -2.60. The third kappa shape index (κ3) is 3.40. The van der Waals surface area contributed by atoms with Crippen molar-refractivity contribution in [3.8, 4) is 11.1 Å². The van der Waals surface area contributed by atoms with Gasteiger partial charge in [0.2, 0.25) is 5.91 Å². The van der Waals surface area contributed by atoms with Gasteiger partial charge in [-0.2, -0.15) is 0 Å². The molecule has 5 nitrogen and oxygen atoms in total. The Balaban J connectivity index is 1.80. The number of hydrogen-bond acceptors (Lipinski definition) is 4. The molecular weight excluding hydrogens is 414 g/mol. The number of nitrogens with zero attached hydrogens (tertiary/aromatic N) is 1. The molecule has 0 bridgehead atoms. The van der Waals surface area contributed by atoms with Crippen molar-refractivity contribution in [2.45, 2.75) is 18.5 Å². The minimum atomic E-state index is -0.767. The lowest BCUT2D eigenvalue weighted by atomic mass is 9.77. The molecule has 5 rings (SSSR count). The standard InChI is InChI=1S/C28H27NO4/c1-20(16-17-33-31-2)26-18-32-19-27(30)29(26)28(21-10-4-3-5-11-21)24-14-8-6-12-22(24)23-13-7-9-15-25(23)28/h3-16,26H,17-19H2,1-2H3/b20-16+. The van der Waals surface area contributed by atoms with E-state index < -0.39 is 5.54 Å². The molecule has 33 heavy (non-hydrogen) atoms. The van der Waals surface area contributed by atoms with Gasteiger partial charge in [0.15, 0.2) is 0 Å². The van der Waals surface area contributed by atoms with Gasteiger partial charge in [-0.15, -0.1) is 0 Å². The van der Waals surface area contributed by atoms with E-state index in [0.29, 0.717) is 13.2 Å². The van der Waals surface area contributed by atoms with Gasteiger partial charge in [-0.3, -0.25) is 4.79 Å². The number of benzene rings is 3. The van der Waals surface area contributed by atoms with Gasteiger partial charge in [0, 0.05) is 0 Å². The van der Waals surface area contributed by atoms with Crippen LogP contribution in [0.3, 0.4) is 0 Å². The zero-order chi connectivity index (χ0) is 22.8. The zero-order valence-electron chi connectivity index (χ0n) is 18.9. The maximum atomic E-state index is 13.7. The highest BCUT2D eigenvalue weighted by molar-refractivity contribution is 5.89. The van der Waals surface area contributed by atoms with E-state index in [9.17, 15) is 4.79 Å². The van der Waals surface area contributed by atoms with Gasteiger partial charge in [-0.1, -0.05) is 90.5 Å². The summed E-state index contributed by atoms with van der Waals surface area (Å²) in [5.74, 6) is -0.0398. The Morgan fingerprint density at radius 1 is 1.00 bits per heavy atom. The van der Waals surface area contributed by atoms with Crippen LogP contribution in [0.25, 0.3) is 11.1 Å². The topological polar surface area (TPSA) is 48.0 Å². The van der Waals surface area contributed by atoms with Crippen LogP contribution in [0.1, 0.15) is 23.6 Å². The minimum Gasteiger partial charge on any atom is -0.369 e. The predicted molar refractivity (Wildman–Crippen MR) is 126 cm³/mol. The molecule has 1 heterocycles. The van der Waals surface area contributed by atoms with Crippen LogP contribution in [0, 0.1) is 0 Å². The number of rotatable bonds is 6. The summed E-state index contributed by atoms with van der Waals surface area (Å²) in [6, 6.07) is 26.9.